The lowest BCUT2D eigenvalue weighted by atomic mass is 10.2. The van der Waals surface area contributed by atoms with Crippen LogP contribution >= 0.6 is 24.0 Å². The highest BCUT2D eigenvalue weighted by Crippen LogP contribution is 1.95. The standard InChI is InChI=1S/C13H27N3O3.HI/c1-4-14-13(16-10-7-11-18-2)15-9-6-5-8-12(17)19-3;/h4-11H2,1-3H3,(H2,14,15,16);1H. The van der Waals surface area contributed by atoms with Gasteiger partial charge in [0.2, 0.25) is 0 Å². The van der Waals surface area contributed by atoms with Crippen LogP contribution in [0, 0.1) is 0 Å². The third-order valence-corrected chi connectivity index (χ3v) is 2.45. The second-order valence-corrected chi connectivity index (χ2v) is 4.07. The second-order valence-electron chi connectivity index (χ2n) is 4.07. The van der Waals surface area contributed by atoms with Gasteiger partial charge >= 0.3 is 5.97 Å². The van der Waals surface area contributed by atoms with Crippen molar-refractivity contribution in [3.63, 3.8) is 0 Å². The highest BCUT2D eigenvalue weighted by Gasteiger charge is 2.00. The van der Waals surface area contributed by atoms with E-state index < -0.39 is 0 Å². The zero-order valence-corrected chi connectivity index (χ0v) is 15.1. The van der Waals surface area contributed by atoms with Crippen molar-refractivity contribution in [3.8, 4) is 0 Å². The summed E-state index contributed by atoms with van der Waals surface area (Å²) < 4.78 is 9.56. The minimum Gasteiger partial charge on any atom is -0.469 e. The molecule has 0 aromatic rings. The van der Waals surface area contributed by atoms with E-state index in [4.69, 9.17) is 4.74 Å². The molecule has 2 N–H and O–H groups in total. The molecule has 0 heterocycles. The Hall–Kier alpha value is -0.570. The number of esters is 1. The van der Waals surface area contributed by atoms with Gasteiger partial charge in [-0.1, -0.05) is 0 Å². The monoisotopic (exact) mass is 401 g/mol. The summed E-state index contributed by atoms with van der Waals surface area (Å²) in [7, 11) is 3.10. The van der Waals surface area contributed by atoms with Gasteiger partial charge in [-0.25, -0.2) is 0 Å². The molecule has 6 nitrogen and oxygen atoms in total. The van der Waals surface area contributed by atoms with E-state index in [0.717, 1.165) is 51.5 Å². The van der Waals surface area contributed by atoms with Gasteiger partial charge in [0.15, 0.2) is 5.96 Å². The maximum Gasteiger partial charge on any atom is 0.305 e. The van der Waals surface area contributed by atoms with Gasteiger partial charge in [0.25, 0.3) is 0 Å². The van der Waals surface area contributed by atoms with Crippen LogP contribution in [0.5, 0.6) is 0 Å². The average Bonchev–Trinajstić information content (AvgIpc) is 2.42. The Kier molecular flexibility index (Phi) is 17.9. The van der Waals surface area contributed by atoms with Crippen LogP contribution < -0.4 is 10.6 Å². The second kappa shape index (κ2) is 16.5. The number of halogens is 1. The van der Waals surface area contributed by atoms with E-state index in [9.17, 15) is 4.79 Å². The highest BCUT2D eigenvalue weighted by molar-refractivity contribution is 14.0. The quantitative estimate of drug-likeness (QED) is 0.191. The van der Waals surface area contributed by atoms with Gasteiger partial charge in [-0.2, -0.15) is 0 Å². The predicted octanol–water partition coefficient (Wildman–Crippen LogP) is 1.54. The first-order valence-electron chi connectivity index (χ1n) is 6.82. The fourth-order valence-corrected chi connectivity index (χ4v) is 1.44. The molecule has 0 aliphatic heterocycles. The molecule has 0 saturated heterocycles. The van der Waals surface area contributed by atoms with Crippen LogP contribution in [0.4, 0.5) is 0 Å². The number of carbonyl (C=O) groups is 1. The number of carbonyl (C=O) groups excluding carboxylic acids is 1. The predicted molar refractivity (Wildman–Crippen MR) is 91.8 cm³/mol. The molecule has 0 aliphatic rings. The van der Waals surface area contributed by atoms with Crippen LogP contribution in [-0.2, 0) is 14.3 Å². The van der Waals surface area contributed by atoms with E-state index >= 15 is 0 Å². The SMILES string of the molecule is CCNC(=NCCCOC)NCCCCC(=O)OC.I. The van der Waals surface area contributed by atoms with Crippen LogP contribution in [0.1, 0.15) is 32.6 Å². The minimum atomic E-state index is -0.153. The van der Waals surface area contributed by atoms with E-state index in [2.05, 4.69) is 20.4 Å². The maximum atomic E-state index is 10.9. The van der Waals surface area contributed by atoms with Crippen LogP contribution in [-0.4, -0.2) is 52.4 Å². The third-order valence-electron chi connectivity index (χ3n) is 2.45. The van der Waals surface area contributed by atoms with Crippen LogP contribution in [0.2, 0.25) is 0 Å². The van der Waals surface area contributed by atoms with Gasteiger partial charge in [-0.05, 0) is 26.2 Å². The molecule has 0 radical (unpaired) electrons. The summed E-state index contributed by atoms with van der Waals surface area (Å²) in [5, 5.41) is 6.41. The fraction of sp³-hybridized carbons (Fsp3) is 0.846. The molecule has 0 spiro atoms. The molecular weight excluding hydrogens is 373 g/mol. The Labute approximate surface area is 139 Å². The van der Waals surface area contributed by atoms with E-state index in [1.54, 1.807) is 7.11 Å². The number of nitrogens with one attached hydrogen (secondary N) is 2. The molecule has 0 fully saturated rings. The van der Waals surface area contributed by atoms with E-state index in [1.165, 1.54) is 7.11 Å². The summed E-state index contributed by atoms with van der Waals surface area (Å²) in [6, 6.07) is 0. The number of aliphatic imine (C=N–C) groups is 1. The van der Waals surface area contributed by atoms with Gasteiger partial charge in [0.05, 0.1) is 7.11 Å². The summed E-state index contributed by atoms with van der Waals surface area (Å²) in [4.78, 5) is 15.3. The number of rotatable bonds is 10. The molecule has 20 heavy (non-hydrogen) atoms. The molecule has 0 bridgehead atoms. The Morgan fingerprint density at radius 3 is 2.50 bits per heavy atom. The third kappa shape index (κ3) is 13.9. The van der Waals surface area contributed by atoms with Crippen molar-refractivity contribution in [1.29, 1.82) is 0 Å². The van der Waals surface area contributed by atoms with E-state index in [1.807, 2.05) is 6.92 Å². The van der Waals surface area contributed by atoms with Crippen LogP contribution in [0.15, 0.2) is 4.99 Å². The van der Waals surface area contributed by atoms with Crippen LogP contribution in [0.3, 0.4) is 0 Å². The first-order chi connectivity index (χ1) is 9.24. The van der Waals surface area contributed by atoms with E-state index in [0.29, 0.717) is 6.42 Å². The molecule has 120 valence electrons. The van der Waals surface area contributed by atoms with Crippen molar-refractivity contribution in [2.24, 2.45) is 4.99 Å². The summed E-state index contributed by atoms with van der Waals surface area (Å²) in [6.07, 6.45) is 3.12. The number of hydrogen-bond donors (Lipinski definition) is 2. The smallest absolute Gasteiger partial charge is 0.305 e. The normalized spacial score (nSPS) is 10.7. The molecule has 0 atom stereocenters. The van der Waals surface area contributed by atoms with E-state index in [-0.39, 0.29) is 29.9 Å². The topological polar surface area (TPSA) is 72.0 Å². The first-order valence-corrected chi connectivity index (χ1v) is 6.82. The number of guanidine groups is 1. The lowest BCUT2D eigenvalue weighted by Crippen LogP contribution is -2.37. The van der Waals surface area contributed by atoms with Crippen molar-refractivity contribution >= 4 is 35.9 Å². The van der Waals surface area contributed by atoms with Gasteiger partial charge in [-0.3, -0.25) is 9.79 Å². The Morgan fingerprint density at radius 2 is 1.90 bits per heavy atom. The van der Waals surface area contributed by atoms with Crippen molar-refractivity contribution in [3.05, 3.63) is 0 Å². The molecular formula is C13H28IN3O3. The molecule has 0 rings (SSSR count). The van der Waals surface area contributed by atoms with Crippen molar-refractivity contribution in [2.45, 2.75) is 32.6 Å². The zero-order valence-electron chi connectivity index (χ0n) is 12.7. The lowest BCUT2D eigenvalue weighted by Gasteiger charge is -2.10. The maximum absolute atomic E-state index is 10.9. The Bertz CT molecular complexity index is 263. The molecule has 0 saturated carbocycles. The molecule has 7 heteroatoms. The molecule has 0 aliphatic carbocycles. The molecule has 0 aromatic carbocycles. The van der Waals surface area contributed by atoms with Crippen LogP contribution in [0.25, 0.3) is 0 Å². The largest absolute Gasteiger partial charge is 0.469 e. The van der Waals surface area contributed by atoms with Gasteiger partial charge in [-0.15, -0.1) is 24.0 Å². The van der Waals surface area contributed by atoms with Crippen molar-refractivity contribution in [2.75, 3.05) is 40.5 Å². The van der Waals surface area contributed by atoms with Crippen molar-refractivity contribution < 1.29 is 14.3 Å². The molecule has 0 amide bonds. The number of unbranched alkanes of at least 4 members (excludes halogenated alkanes) is 1. The lowest BCUT2D eigenvalue weighted by molar-refractivity contribution is -0.140. The fourth-order valence-electron chi connectivity index (χ4n) is 1.44. The Morgan fingerprint density at radius 1 is 1.15 bits per heavy atom. The first kappa shape index (κ1) is 21.7. The summed E-state index contributed by atoms with van der Waals surface area (Å²) in [5.74, 6) is 0.664. The summed E-state index contributed by atoms with van der Waals surface area (Å²) >= 11 is 0. The molecule has 0 unspecified atom stereocenters. The highest BCUT2D eigenvalue weighted by atomic mass is 127. The van der Waals surface area contributed by atoms with Gasteiger partial charge in [0, 0.05) is 39.8 Å². The Balaban J connectivity index is 0. The zero-order chi connectivity index (χ0) is 14.3. The molecule has 0 aromatic heterocycles. The number of methoxy groups -OCH3 is 2. The van der Waals surface area contributed by atoms with Gasteiger partial charge < -0.3 is 20.1 Å². The number of hydrogen-bond acceptors (Lipinski definition) is 4. The summed E-state index contributed by atoms with van der Waals surface area (Å²) in [5.41, 5.74) is 0. The number of nitrogens with zero attached hydrogens (tertiary/aromatic N) is 1. The minimum absolute atomic E-state index is 0. The number of ether oxygens (including phenoxy) is 2. The average molecular weight is 401 g/mol. The van der Waals surface area contributed by atoms with Crippen molar-refractivity contribution in [1.82, 2.24) is 10.6 Å². The summed E-state index contributed by atoms with van der Waals surface area (Å²) in [6.45, 7) is 5.13. The van der Waals surface area contributed by atoms with Gasteiger partial charge in [0.1, 0.15) is 0 Å².